The van der Waals surface area contributed by atoms with Crippen LogP contribution in [0.5, 0.6) is 0 Å². The van der Waals surface area contributed by atoms with E-state index < -0.39 is 10.0 Å². The molecule has 2 aromatic carbocycles. The number of carbonyl (C=O) groups excluding carboxylic acids is 1. The summed E-state index contributed by atoms with van der Waals surface area (Å²) in [4.78, 5) is 14.9. The van der Waals surface area contributed by atoms with Crippen LogP contribution in [-0.2, 0) is 10.0 Å². The smallest absolute Gasteiger partial charge is 0.251 e. The van der Waals surface area contributed by atoms with Crippen molar-refractivity contribution in [2.75, 3.05) is 33.7 Å². The van der Waals surface area contributed by atoms with Crippen LogP contribution < -0.4 is 5.32 Å². The Balaban J connectivity index is 1.78. The number of halogens is 1. The number of nitrogens with one attached hydrogen (secondary N) is 1. The number of nitrogens with zero attached hydrogens (tertiary/aromatic N) is 2. The van der Waals surface area contributed by atoms with Gasteiger partial charge in [-0.25, -0.2) is 8.42 Å². The minimum atomic E-state index is -3.75. The van der Waals surface area contributed by atoms with Crippen LogP contribution in [0, 0.1) is 0 Å². The molecule has 1 atom stereocenters. The van der Waals surface area contributed by atoms with Gasteiger partial charge < -0.3 is 10.2 Å². The lowest BCUT2D eigenvalue weighted by Crippen LogP contribution is -2.35. The van der Waals surface area contributed by atoms with Gasteiger partial charge in [0.05, 0.1) is 11.1 Å². The zero-order chi connectivity index (χ0) is 22.4. The third kappa shape index (κ3) is 5.86. The summed E-state index contributed by atoms with van der Waals surface area (Å²) >= 11 is 6.25. The van der Waals surface area contributed by atoms with Gasteiger partial charge in [0.2, 0.25) is 10.0 Å². The molecule has 1 aliphatic rings. The van der Waals surface area contributed by atoms with E-state index in [1.807, 2.05) is 49.3 Å². The molecule has 6 nitrogen and oxygen atoms in total. The second-order valence-corrected chi connectivity index (χ2v) is 10.4. The summed E-state index contributed by atoms with van der Waals surface area (Å²) < 4.78 is 27.8. The van der Waals surface area contributed by atoms with Crippen molar-refractivity contribution >= 4 is 27.5 Å². The maximum atomic E-state index is 13.2. The Bertz CT molecular complexity index is 988. The molecule has 0 aromatic heterocycles. The summed E-state index contributed by atoms with van der Waals surface area (Å²) in [5.74, 6) is -0.327. The standard InChI is InChI=1S/C23H30ClN3O3S/c1-26(2)21(18-10-6-5-7-11-18)17-25-23(28)19-12-13-20(24)22(16-19)31(29,30)27-14-8-3-4-9-15-27/h5-7,10-13,16,21H,3-4,8-9,14-15,17H2,1-2H3,(H,25,28)/t21-/m0/s1. The van der Waals surface area contributed by atoms with Crippen molar-refractivity contribution in [1.29, 1.82) is 0 Å². The minimum absolute atomic E-state index is 0.00208. The first-order valence-corrected chi connectivity index (χ1v) is 12.4. The Morgan fingerprint density at radius 2 is 1.71 bits per heavy atom. The van der Waals surface area contributed by atoms with Crippen LogP contribution in [-0.4, -0.2) is 57.3 Å². The molecule has 168 valence electrons. The average molecular weight is 464 g/mol. The molecule has 0 spiro atoms. The maximum Gasteiger partial charge on any atom is 0.251 e. The molecule has 0 aliphatic carbocycles. The second kappa shape index (κ2) is 10.6. The number of rotatable bonds is 7. The third-order valence-electron chi connectivity index (χ3n) is 5.64. The lowest BCUT2D eigenvalue weighted by atomic mass is 10.1. The summed E-state index contributed by atoms with van der Waals surface area (Å²) in [6, 6.07) is 14.4. The van der Waals surface area contributed by atoms with Gasteiger partial charge >= 0.3 is 0 Å². The molecule has 1 aliphatic heterocycles. The van der Waals surface area contributed by atoms with E-state index in [1.54, 1.807) is 6.07 Å². The third-order valence-corrected chi connectivity index (χ3v) is 8.02. The summed E-state index contributed by atoms with van der Waals surface area (Å²) in [6.07, 6.45) is 3.72. The predicted molar refractivity (Wildman–Crippen MR) is 124 cm³/mol. The number of carbonyl (C=O) groups is 1. The van der Waals surface area contributed by atoms with Crippen LogP contribution in [0.2, 0.25) is 5.02 Å². The second-order valence-electron chi connectivity index (χ2n) is 8.06. The summed E-state index contributed by atoms with van der Waals surface area (Å²) in [6.45, 7) is 1.36. The monoisotopic (exact) mass is 463 g/mol. The molecular formula is C23H30ClN3O3S. The van der Waals surface area contributed by atoms with E-state index in [2.05, 4.69) is 5.32 Å². The van der Waals surface area contributed by atoms with Crippen LogP contribution >= 0.6 is 11.6 Å². The Morgan fingerprint density at radius 1 is 1.06 bits per heavy atom. The largest absolute Gasteiger partial charge is 0.350 e. The molecule has 3 rings (SSSR count). The fourth-order valence-electron chi connectivity index (χ4n) is 3.83. The molecular weight excluding hydrogens is 434 g/mol. The van der Waals surface area contributed by atoms with Gasteiger partial charge in [-0.2, -0.15) is 4.31 Å². The van der Waals surface area contributed by atoms with Crippen LogP contribution in [0.1, 0.15) is 47.6 Å². The van der Waals surface area contributed by atoms with E-state index in [9.17, 15) is 13.2 Å². The van der Waals surface area contributed by atoms with Gasteiger partial charge in [0.25, 0.3) is 5.91 Å². The highest BCUT2D eigenvalue weighted by Crippen LogP contribution is 2.28. The Kier molecular flexibility index (Phi) is 8.11. The summed E-state index contributed by atoms with van der Waals surface area (Å²) in [5, 5.41) is 3.07. The lowest BCUT2D eigenvalue weighted by Gasteiger charge is -2.25. The van der Waals surface area contributed by atoms with Crippen LogP contribution in [0.3, 0.4) is 0 Å². The first kappa shape index (κ1) is 23.7. The van der Waals surface area contributed by atoms with Crippen LogP contribution in [0.25, 0.3) is 0 Å². The molecule has 1 heterocycles. The van der Waals surface area contributed by atoms with E-state index in [-0.39, 0.29) is 27.4 Å². The molecule has 8 heteroatoms. The summed E-state index contributed by atoms with van der Waals surface area (Å²) in [7, 11) is 0.166. The van der Waals surface area contributed by atoms with Crippen LogP contribution in [0.15, 0.2) is 53.4 Å². The Morgan fingerprint density at radius 3 is 2.32 bits per heavy atom. The lowest BCUT2D eigenvalue weighted by molar-refractivity contribution is 0.0941. The molecule has 1 N–H and O–H groups in total. The van der Waals surface area contributed by atoms with Gasteiger partial charge in [0.15, 0.2) is 0 Å². The molecule has 2 aromatic rings. The topological polar surface area (TPSA) is 69.7 Å². The highest BCUT2D eigenvalue weighted by molar-refractivity contribution is 7.89. The van der Waals surface area contributed by atoms with E-state index in [0.717, 1.165) is 31.2 Å². The number of amides is 1. The highest BCUT2D eigenvalue weighted by Gasteiger charge is 2.28. The van der Waals surface area contributed by atoms with E-state index >= 15 is 0 Å². The zero-order valence-electron chi connectivity index (χ0n) is 18.1. The highest BCUT2D eigenvalue weighted by atomic mass is 35.5. The molecule has 0 saturated carbocycles. The van der Waals surface area contributed by atoms with Crippen LogP contribution in [0.4, 0.5) is 0 Å². The van der Waals surface area contributed by atoms with Crippen molar-refractivity contribution in [2.45, 2.75) is 36.6 Å². The van der Waals surface area contributed by atoms with E-state index in [1.165, 1.54) is 16.4 Å². The number of benzene rings is 2. The molecule has 1 amide bonds. The number of likely N-dealkylation sites (N-methyl/N-ethyl adjacent to an activating group) is 1. The molecule has 0 bridgehead atoms. The normalized spacial score (nSPS) is 16.6. The van der Waals surface area contributed by atoms with Gasteiger partial charge in [-0.15, -0.1) is 0 Å². The fraction of sp³-hybridized carbons (Fsp3) is 0.435. The maximum absolute atomic E-state index is 13.2. The first-order chi connectivity index (χ1) is 14.8. The Hall–Kier alpha value is -1.93. The average Bonchev–Trinajstić information content (AvgIpc) is 3.05. The molecule has 0 radical (unpaired) electrons. The molecule has 1 saturated heterocycles. The molecule has 1 fully saturated rings. The predicted octanol–water partition coefficient (Wildman–Crippen LogP) is 3.94. The molecule has 0 unspecified atom stereocenters. The minimum Gasteiger partial charge on any atom is -0.350 e. The van der Waals surface area contributed by atoms with Gasteiger partial charge in [-0.3, -0.25) is 4.79 Å². The van der Waals surface area contributed by atoms with Crippen molar-refractivity contribution < 1.29 is 13.2 Å². The quantitative estimate of drug-likeness (QED) is 0.675. The van der Waals surface area contributed by atoms with Gasteiger partial charge in [-0.05, 0) is 50.7 Å². The van der Waals surface area contributed by atoms with Crippen molar-refractivity contribution in [3.63, 3.8) is 0 Å². The van der Waals surface area contributed by atoms with Gasteiger partial charge in [-0.1, -0.05) is 54.8 Å². The van der Waals surface area contributed by atoms with E-state index in [0.29, 0.717) is 19.6 Å². The number of hydrogen-bond acceptors (Lipinski definition) is 4. The number of sulfonamides is 1. The van der Waals surface area contributed by atoms with Crippen molar-refractivity contribution in [1.82, 2.24) is 14.5 Å². The van der Waals surface area contributed by atoms with Crippen molar-refractivity contribution in [3.05, 3.63) is 64.7 Å². The fourth-order valence-corrected chi connectivity index (χ4v) is 5.85. The Labute approximate surface area is 190 Å². The zero-order valence-corrected chi connectivity index (χ0v) is 19.6. The first-order valence-electron chi connectivity index (χ1n) is 10.6. The SMILES string of the molecule is CN(C)[C@@H](CNC(=O)c1ccc(Cl)c(S(=O)(=O)N2CCCCCC2)c1)c1ccccc1. The number of hydrogen-bond donors (Lipinski definition) is 1. The van der Waals surface area contributed by atoms with Gasteiger partial charge in [0, 0.05) is 25.2 Å². The van der Waals surface area contributed by atoms with Gasteiger partial charge in [0.1, 0.15) is 4.90 Å². The van der Waals surface area contributed by atoms with Crippen molar-refractivity contribution in [2.24, 2.45) is 0 Å². The van der Waals surface area contributed by atoms with E-state index in [4.69, 9.17) is 11.6 Å². The van der Waals surface area contributed by atoms with Crippen molar-refractivity contribution in [3.8, 4) is 0 Å². The molecule has 31 heavy (non-hydrogen) atoms. The summed E-state index contributed by atoms with van der Waals surface area (Å²) in [5.41, 5.74) is 1.37.